The second-order valence-corrected chi connectivity index (χ2v) is 14.6. The van der Waals surface area contributed by atoms with Gasteiger partial charge in [-0.05, 0) is 95.3 Å². The van der Waals surface area contributed by atoms with Gasteiger partial charge in [0, 0.05) is 43.6 Å². The topological polar surface area (TPSA) is 52.1 Å². The van der Waals surface area contributed by atoms with Gasteiger partial charge in [0.2, 0.25) is 0 Å². The summed E-state index contributed by atoms with van der Waals surface area (Å²) in [6.07, 6.45) is 0. The van der Waals surface area contributed by atoms with E-state index in [1.165, 1.54) is 22.3 Å². The minimum atomic E-state index is 0.652. The summed E-state index contributed by atoms with van der Waals surface area (Å²) in [5.41, 5.74) is 16.5. The summed E-state index contributed by atoms with van der Waals surface area (Å²) in [5, 5.41) is 5.25. The van der Waals surface area contributed by atoms with Crippen molar-refractivity contribution < 1.29 is 8.83 Å². The largest absolute Gasteiger partial charge is 0.456 e. The molecule has 0 bridgehead atoms. The van der Waals surface area contributed by atoms with Crippen molar-refractivity contribution in [2.24, 2.45) is 0 Å². The fraction of sp³-hybridized carbons (Fsp3) is 0.0385. The molecule has 0 spiro atoms. The Labute approximate surface area is 323 Å². The van der Waals surface area contributed by atoms with Crippen LogP contribution in [-0.2, 0) is 0 Å². The van der Waals surface area contributed by atoms with E-state index in [0.29, 0.717) is 5.82 Å². The number of para-hydroxylation sites is 3. The van der Waals surface area contributed by atoms with E-state index in [4.69, 9.17) is 18.8 Å². The zero-order valence-electron chi connectivity index (χ0n) is 30.9. The molecule has 0 aliphatic rings. The molecular formula is C52H34N2O2. The molecule has 11 aromatic rings. The highest BCUT2D eigenvalue weighted by Gasteiger charge is 2.19. The maximum atomic E-state index is 6.49. The van der Waals surface area contributed by atoms with Crippen LogP contribution in [0.1, 0.15) is 11.1 Å². The van der Waals surface area contributed by atoms with E-state index in [1.807, 2.05) is 30.3 Å². The van der Waals surface area contributed by atoms with E-state index in [-0.39, 0.29) is 0 Å². The van der Waals surface area contributed by atoms with Crippen LogP contribution in [0.25, 0.3) is 111 Å². The van der Waals surface area contributed by atoms with Gasteiger partial charge in [0.05, 0.1) is 11.2 Å². The lowest BCUT2D eigenvalue weighted by Gasteiger charge is -2.12. The quantitative estimate of drug-likeness (QED) is 0.178. The number of rotatable bonds is 5. The van der Waals surface area contributed by atoms with Gasteiger partial charge in [-0.1, -0.05) is 127 Å². The van der Waals surface area contributed by atoms with E-state index in [1.54, 1.807) is 0 Å². The number of hydrogen-bond acceptors (Lipinski definition) is 4. The van der Waals surface area contributed by atoms with Crippen LogP contribution in [0.2, 0.25) is 0 Å². The fourth-order valence-electron chi connectivity index (χ4n) is 8.39. The molecule has 0 amide bonds. The van der Waals surface area contributed by atoms with E-state index in [0.717, 1.165) is 93.9 Å². The van der Waals surface area contributed by atoms with E-state index < -0.39 is 0 Å². The number of aromatic nitrogens is 2. The summed E-state index contributed by atoms with van der Waals surface area (Å²) in [5.74, 6) is 0.652. The highest BCUT2D eigenvalue weighted by molar-refractivity contribution is 6.13. The fourth-order valence-corrected chi connectivity index (χ4v) is 8.39. The summed E-state index contributed by atoms with van der Waals surface area (Å²) >= 11 is 0. The zero-order valence-corrected chi connectivity index (χ0v) is 30.9. The monoisotopic (exact) mass is 718 g/mol. The van der Waals surface area contributed by atoms with Crippen LogP contribution in [0.4, 0.5) is 0 Å². The van der Waals surface area contributed by atoms with Crippen molar-refractivity contribution in [3.8, 4) is 56.0 Å². The molecule has 3 heterocycles. The van der Waals surface area contributed by atoms with Crippen LogP contribution in [0.5, 0.6) is 0 Å². The van der Waals surface area contributed by atoms with Crippen LogP contribution >= 0.6 is 0 Å². The highest BCUT2D eigenvalue weighted by atomic mass is 16.3. The van der Waals surface area contributed by atoms with Crippen molar-refractivity contribution >= 4 is 54.8 Å². The second-order valence-electron chi connectivity index (χ2n) is 14.6. The molecule has 0 N–H and O–H groups in total. The number of aryl methyl sites for hydroxylation is 2. The van der Waals surface area contributed by atoms with Crippen molar-refractivity contribution in [2.75, 3.05) is 0 Å². The number of fused-ring (bicyclic) bond motifs is 7. The molecular weight excluding hydrogens is 685 g/mol. The van der Waals surface area contributed by atoms with E-state index >= 15 is 0 Å². The number of benzene rings is 8. The Morgan fingerprint density at radius 3 is 1.96 bits per heavy atom. The summed E-state index contributed by atoms with van der Waals surface area (Å²) in [6.45, 7) is 4.35. The lowest BCUT2D eigenvalue weighted by atomic mass is 9.92. The third-order valence-electron chi connectivity index (χ3n) is 11.2. The molecule has 0 unspecified atom stereocenters. The van der Waals surface area contributed by atoms with Crippen LogP contribution in [0, 0.1) is 13.8 Å². The first-order chi connectivity index (χ1) is 27.6. The number of hydrogen-bond donors (Lipinski definition) is 0. The predicted octanol–water partition coefficient (Wildman–Crippen LogP) is 14.4. The first kappa shape index (κ1) is 32.2. The van der Waals surface area contributed by atoms with Gasteiger partial charge < -0.3 is 8.83 Å². The van der Waals surface area contributed by atoms with E-state index in [2.05, 4.69) is 153 Å². The Hall–Kier alpha value is -7.30. The highest BCUT2D eigenvalue weighted by Crippen LogP contribution is 2.41. The molecule has 0 atom stereocenters. The third kappa shape index (κ3) is 5.14. The Morgan fingerprint density at radius 1 is 0.375 bits per heavy atom. The van der Waals surface area contributed by atoms with Gasteiger partial charge in [0.25, 0.3) is 0 Å². The van der Waals surface area contributed by atoms with Crippen LogP contribution in [0.15, 0.2) is 179 Å². The van der Waals surface area contributed by atoms with Gasteiger partial charge in [-0.25, -0.2) is 9.97 Å². The molecule has 0 saturated carbocycles. The van der Waals surface area contributed by atoms with Crippen molar-refractivity contribution in [3.05, 3.63) is 181 Å². The predicted molar refractivity (Wildman–Crippen MR) is 231 cm³/mol. The standard InChI is InChI=1S/C52H34N2O2/c1-31-12-3-4-15-37(31)43-29-33(25-24-32(43)2)34-26-27-47-44(30-34)49-42(20-11-23-48(49)55-47)52-53-45-21-7-5-17-41(45)50(54-52)36-14-9-13-35(28-36)38-18-10-19-40-39-16-6-8-22-46(39)56-51(38)40/h3-30H,1-2H3. The molecule has 0 fully saturated rings. The van der Waals surface area contributed by atoms with Gasteiger partial charge in [0.1, 0.15) is 22.3 Å². The lowest BCUT2D eigenvalue weighted by molar-refractivity contribution is 0.669. The first-order valence-corrected chi connectivity index (χ1v) is 19.0. The Balaban J connectivity index is 1.07. The second kappa shape index (κ2) is 12.6. The molecule has 3 aromatic heterocycles. The maximum Gasteiger partial charge on any atom is 0.161 e. The molecule has 4 heteroatoms. The lowest BCUT2D eigenvalue weighted by Crippen LogP contribution is -1.96. The van der Waals surface area contributed by atoms with Crippen molar-refractivity contribution in [1.82, 2.24) is 9.97 Å². The number of furan rings is 2. The average molecular weight is 719 g/mol. The molecule has 0 aliphatic heterocycles. The summed E-state index contributed by atoms with van der Waals surface area (Å²) in [6, 6.07) is 59.4. The van der Waals surface area contributed by atoms with Crippen LogP contribution in [-0.4, -0.2) is 9.97 Å². The SMILES string of the molecule is Cc1ccccc1-c1cc(-c2ccc3oc4cccc(-c5nc(-c6cccc(-c7cccc8c7oc7ccccc78)c6)c6ccccc6n5)c4c3c2)ccc1C. The number of nitrogens with zero attached hydrogens (tertiary/aromatic N) is 2. The van der Waals surface area contributed by atoms with E-state index in [9.17, 15) is 0 Å². The smallest absolute Gasteiger partial charge is 0.161 e. The minimum Gasteiger partial charge on any atom is -0.456 e. The van der Waals surface area contributed by atoms with Crippen molar-refractivity contribution in [1.29, 1.82) is 0 Å². The summed E-state index contributed by atoms with van der Waals surface area (Å²) in [7, 11) is 0. The Morgan fingerprint density at radius 2 is 1.04 bits per heavy atom. The molecule has 0 radical (unpaired) electrons. The zero-order chi connectivity index (χ0) is 37.3. The maximum absolute atomic E-state index is 6.49. The summed E-state index contributed by atoms with van der Waals surface area (Å²) in [4.78, 5) is 10.6. The van der Waals surface area contributed by atoms with Crippen LogP contribution < -0.4 is 0 Å². The van der Waals surface area contributed by atoms with Crippen LogP contribution in [0.3, 0.4) is 0 Å². The molecule has 56 heavy (non-hydrogen) atoms. The summed E-state index contributed by atoms with van der Waals surface area (Å²) < 4.78 is 12.9. The average Bonchev–Trinajstić information content (AvgIpc) is 3.82. The molecule has 0 saturated heterocycles. The van der Waals surface area contributed by atoms with Crippen molar-refractivity contribution in [3.63, 3.8) is 0 Å². The molecule has 8 aromatic carbocycles. The van der Waals surface area contributed by atoms with Crippen molar-refractivity contribution in [2.45, 2.75) is 13.8 Å². The minimum absolute atomic E-state index is 0.652. The van der Waals surface area contributed by atoms with Gasteiger partial charge >= 0.3 is 0 Å². The first-order valence-electron chi connectivity index (χ1n) is 19.0. The normalized spacial score (nSPS) is 11.8. The Kier molecular flexibility index (Phi) is 7.26. The van der Waals surface area contributed by atoms with Gasteiger partial charge in [0.15, 0.2) is 5.82 Å². The van der Waals surface area contributed by atoms with Gasteiger partial charge in [-0.2, -0.15) is 0 Å². The third-order valence-corrected chi connectivity index (χ3v) is 11.2. The Bertz CT molecular complexity index is 3350. The molecule has 11 rings (SSSR count). The van der Waals surface area contributed by atoms with Gasteiger partial charge in [-0.15, -0.1) is 0 Å². The molecule has 0 aliphatic carbocycles. The molecule has 264 valence electrons. The van der Waals surface area contributed by atoms with Gasteiger partial charge in [-0.3, -0.25) is 0 Å². The molecule has 4 nitrogen and oxygen atoms in total.